The first-order valence-electron chi connectivity index (χ1n) is 8.78. The predicted octanol–water partition coefficient (Wildman–Crippen LogP) is 2.09. The number of phenols is 1. The van der Waals surface area contributed by atoms with Crippen molar-refractivity contribution in [3.05, 3.63) is 60.6 Å². The molecule has 0 unspecified atom stereocenters. The number of hydrogen-bond acceptors (Lipinski definition) is 6. The van der Waals surface area contributed by atoms with Crippen molar-refractivity contribution in [3.8, 4) is 11.4 Å². The number of hydrogen-bond donors (Lipinski definition) is 3. The van der Waals surface area contributed by atoms with Crippen molar-refractivity contribution >= 4 is 38.2 Å². The molecule has 4 rings (SSSR count). The molecule has 2 heterocycles. The lowest BCUT2D eigenvalue weighted by molar-refractivity contribution is 0.102. The highest BCUT2D eigenvalue weighted by Crippen LogP contribution is 2.27. The smallest absolute Gasteiger partial charge is 0.258 e. The number of nitrogens with zero attached hydrogens (tertiary/aromatic N) is 4. The van der Waals surface area contributed by atoms with Crippen LogP contribution in [0.4, 0.5) is 11.4 Å². The van der Waals surface area contributed by atoms with Gasteiger partial charge in [-0.15, -0.1) is 0 Å². The monoisotopic (exact) mass is 426 g/mol. The second-order valence-corrected chi connectivity index (χ2v) is 8.53. The molecule has 0 aliphatic heterocycles. The quantitative estimate of drug-likeness (QED) is 0.331. The minimum Gasteiger partial charge on any atom is -0.506 e. The van der Waals surface area contributed by atoms with Gasteiger partial charge in [0.15, 0.2) is 0 Å². The predicted molar refractivity (Wildman–Crippen MR) is 112 cm³/mol. The van der Waals surface area contributed by atoms with Crippen molar-refractivity contribution in [1.29, 1.82) is 0 Å². The Balaban J connectivity index is 1.55. The van der Waals surface area contributed by atoms with E-state index in [1.54, 1.807) is 15.6 Å². The highest BCUT2D eigenvalue weighted by atomic mass is 32.2. The van der Waals surface area contributed by atoms with Gasteiger partial charge in [-0.1, -0.05) is 0 Å². The SMILES string of the molecule is Cn1cc2cc(-n3cc(C(=O)Nc4ccc(O)c(NS(C)(=O)=O)c4)cn3)ccc2n1. The number of aromatic hydroxyl groups is 1. The van der Waals surface area contributed by atoms with Crippen LogP contribution in [0.1, 0.15) is 10.4 Å². The van der Waals surface area contributed by atoms with E-state index < -0.39 is 15.9 Å². The Morgan fingerprint density at radius 1 is 1.13 bits per heavy atom. The van der Waals surface area contributed by atoms with Gasteiger partial charge in [-0.3, -0.25) is 14.2 Å². The number of fused-ring (bicyclic) bond motifs is 1. The summed E-state index contributed by atoms with van der Waals surface area (Å²) in [5.74, 6) is -0.684. The number of sulfonamides is 1. The fourth-order valence-corrected chi connectivity index (χ4v) is 3.52. The summed E-state index contributed by atoms with van der Waals surface area (Å²) in [5, 5.41) is 22.0. The third-order valence-corrected chi connectivity index (χ3v) is 4.85. The molecular formula is C19H18N6O4S. The van der Waals surface area contributed by atoms with Crippen LogP contribution in [0.3, 0.4) is 0 Å². The van der Waals surface area contributed by atoms with Gasteiger partial charge in [0.05, 0.1) is 34.9 Å². The van der Waals surface area contributed by atoms with Crippen molar-refractivity contribution in [2.45, 2.75) is 0 Å². The van der Waals surface area contributed by atoms with Gasteiger partial charge in [-0.2, -0.15) is 10.2 Å². The molecule has 30 heavy (non-hydrogen) atoms. The van der Waals surface area contributed by atoms with Crippen LogP contribution < -0.4 is 10.0 Å². The number of carbonyl (C=O) groups excluding carboxylic acids is 1. The molecule has 0 atom stereocenters. The highest BCUT2D eigenvalue weighted by molar-refractivity contribution is 7.92. The number of carbonyl (C=O) groups is 1. The lowest BCUT2D eigenvalue weighted by Crippen LogP contribution is -2.13. The number of aryl methyl sites for hydroxylation is 1. The number of aromatic nitrogens is 4. The van der Waals surface area contributed by atoms with Gasteiger partial charge >= 0.3 is 0 Å². The number of phenolic OH excluding ortho intramolecular Hbond substituents is 1. The zero-order valence-corrected chi connectivity index (χ0v) is 16.9. The summed E-state index contributed by atoms with van der Waals surface area (Å²) in [7, 11) is -1.74. The summed E-state index contributed by atoms with van der Waals surface area (Å²) in [4.78, 5) is 12.6. The van der Waals surface area contributed by atoms with Gasteiger partial charge in [-0.05, 0) is 36.4 Å². The summed E-state index contributed by atoms with van der Waals surface area (Å²) >= 11 is 0. The van der Waals surface area contributed by atoms with E-state index in [2.05, 4.69) is 20.2 Å². The molecule has 2 aromatic carbocycles. The molecule has 2 aromatic heterocycles. The number of rotatable bonds is 5. The largest absolute Gasteiger partial charge is 0.506 e. The van der Waals surface area contributed by atoms with Crippen molar-refractivity contribution in [2.24, 2.45) is 7.05 Å². The molecule has 0 radical (unpaired) electrons. The van der Waals surface area contributed by atoms with Crippen LogP contribution in [0.25, 0.3) is 16.6 Å². The second kappa shape index (κ2) is 7.19. The normalized spacial score (nSPS) is 11.5. The van der Waals surface area contributed by atoms with Crippen molar-refractivity contribution in [1.82, 2.24) is 19.6 Å². The minimum absolute atomic E-state index is 0.0317. The maximum Gasteiger partial charge on any atom is 0.258 e. The first kappa shape index (κ1) is 19.5. The first-order valence-corrected chi connectivity index (χ1v) is 10.7. The lowest BCUT2D eigenvalue weighted by atomic mass is 10.2. The zero-order chi connectivity index (χ0) is 21.5. The van der Waals surface area contributed by atoms with E-state index >= 15 is 0 Å². The zero-order valence-electron chi connectivity index (χ0n) is 16.1. The molecule has 0 bridgehead atoms. The van der Waals surface area contributed by atoms with E-state index in [1.165, 1.54) is 24.4 Å². The molecule has 4 aromatic rings. The minimum atomic E-state index is -3.58. The molecule has 154 valence electrons. The maximum absolute atomic E-state index is 12.6. The molecule has 3 N–H and O–H groups in total. The van der Waals surface area contributed by atoms with E-state index in [4.69, 9.17) is 0 Å². The Kier molecular flexibility index (Phi) is 4.66. The Morgan fingerprint density at radius 2 is 1.93 bits per heavy atom. The topological polar surface area (TPSA) is 131 Å². The Hall–Kier alpha value is -3.86. The molecule has 10 nitrogen and oxygen atoms in total. The molecular weight excluding hydrogens is 408 g/mol. The number of anilines is 2. The standard InChI is InChI=1S/C19H18N6O4S/c1-24-10-12-7-15(4-5-16(12)22-24)25-11-13(9-20-25)19(27)21-14-3-6-18(26)17(8-14)23-30(2,28)29/h3-11,23,26H,1-2H3,(H,21,27). The van der Waals surface area contributed by atoms with Gasteiger partial charge in [0.2, 0.25) is 10.0 Å². The average Bonchev–Trinajstić information content (AvgIpc) is 3.28. The summed E-state index contributed by atoms with van der Waals surface area (Å²) in [6.07, 6.45) is 5.87. The van der Waals surface area contributed by atoms with E-state index in [9.17, 15) is 18.3 Å². The average molecular weight is 426 g/mol. The van der Waals surface area contributed by atoms with Gasteiger partial charge in [0, 0.05) is 30.5 Å². The number of amides is 1. The molecule has 0 aliphatic rings. The van der Waals surface area contributed by atoms with E-state index in [-0.39, 0.29) is 11.4 Å². The second-order valence-electron chi connectivity index (χ2n) is 6.78. The highest BCUT2D eigenvalue weighted by Gasteiger charge is 2.13. The Morgan fingerprint density at radius 3 is 2.70 bits per heavy atom. The fraction of sp³-hybridized carbons (Fsp3) is 0.105. The van der Waals surface area contributed by atoms with E-state index in [0.29, 0.717) is 11.3 Å². The van der Waals surface area contributed by atoms with Crippen LogP contribution in [0, 0.1) is 0 Å². The third kappa shape index (κ3) is 4.10. The fourth-order valence-electron chi connectivity index (χ4n) is 2.96. The van der Waals surface area contributed by atoms with E-state index in [0.717, 1.165) is 22.8 Å². The summed E-state index contributed by atoms with van der Waals surface area (Å²) in [6.45, 7) is 0. The van der Waals surface area contributed by atoms with E-state index in [1.807, 2.05) is 31.4 Å². The van der Waals surface area contributed by atoms with Crippen molar-refractivity contribution < 1.29 is 18.3 Å². The van der Waals surface area contributed by atoms with Crippen molar-refractivity contribution in [3.63, 3.8) is 0 Å². The maximum atomic E-state index is 12.6. The van der Waals surface area contributed by atoms with Crippen LogP contribution in [-0.2, 0) is 17.1 Å². The molecule has 0 aliphatic carbocycles. The Bertz CT molecular complexity index is 1370. The first-order chi connectivity index (χ1) is 14.2. The van der Waals surface area contributed by atoms with Gasteiger partial charge in [0.25, 0.3) is 5.91 Å². The number of nitrogens with one attached hydrogen (secondary N) is 2. The van der Waals surface area contributed by atoms with Gasteiger partial charge in [-0.25, -0.2) is 13.1 Å². The van der Waals surface area contributed by atoms with Crippen LogP contribution in [0.15, 0.2) is 55.0 Å². The molecule has 1 amide bonds. The Labute approximate surface area is 171 Å². The third-order valence-electron chi connectivity index (χ3n) is 4.26. The molecule has 0 spiro atoms. The lowest BCUT2D eigenvalue weighted by Gasteiger charge is -2.09. The molecule has 0 saturated heterocycles. The van der Waals surface area contributed by atoms with Crippen LogP contribution in [0.5, 0.6) is 5.75 Å². The van der Waals surface area contributed by atoms with Gasteiger partial charge in [0.1, 0.15) is 5.75 Å². The molecule has 0 saturated carbocycles. The van der Waals surface area contributed by atoms with Crippen LogP contribution >= 0.6 is 0 Å². The van der Waals surface area contributed by atoms with Gasteiger partial charge < -0.3 is 10.4 Å². The van der Waals surface area contributed by atoms with Crippen LogP contribution in [0.2, 0.25) is 0 Å². The molecule has 0 fully saturated rings. The molecule has 11 heteroatoms. The summed E-state index contributed by atoms with van der Waals surface area (Å²) in [6, 6.07) is 9.72. The van der Waals surface area contributed by atoms with Crippen LogP contribution in [-0.4, -0.2) is 45.2 Å². The summed E-state index contributed by atoms with van der Waals surface area (Å²) in [5.41, 5.74) is 2.23. The summed E-state index contributed by atoms with van der Waals surface area (Å²) < 4.78 is 28.3. The van der Waals surface area contributed by atoms with Crippen molar-refractivity contribution in [2.75, 3.05) is 16.3 Å². The number of benzene rings is 2.